The summed E-state index contributed by atoms with van der Waals surface area (Å²) >= 11 is 0. The fraction of sp³-hybridized carbons (Fsp3) is 0.714. The predicted molar refractivity (Wildman–Crippen MR) is 74.3 cm³/mol. The van der Waals surface area contributed by atoms with Gasteiger partial charge < -0.3 is 15.0 Å². The molecule has 2 bridgehead atoms. The van der Waals surface area contributed by atoms with Crippen LogP contribution in [0.3, 0.4) is 0 Å². The summed E-state index contributed by atoms with van der Waals surface area (Å²) in [6.45, 7) is 0.367. The molecule has 20 heavy (non-hydrogen) atoms. The maximum Gasteiger partial charge on any atom is 0.271 e. The van der Waals surface area contributed by atoms with E-state index < -0.39 is 0 Å². The molecule has 2 atom stereocenters. The first-order valence-electron chi connectivity index (χ1n) is 7.22. The number of rotatable bonds is 4. The van der Waals surface area contributed by atoms with Crippen LogP contribution in [0.1, 0.15) is 36.2 Å². The third kappa shape index (κ3) is 2.58. The molecule has 2 aliphatic heterocycles. The van der Waals surface area contributed by atoms with Gasteiger partial charge in [0.2, 0.25) is 0 Å². The number of carbonyl (C=O) groups excluding carboxylic acids is 1. The fourth-order valence-corrected chi connectivity index (χ4v) is 3.48. The first kappa shape index (κ1) is 13.6. The molecule has 0 spiro atoms. The number of amides is 1. The Kier molecular flexibility index (Phi) is 3.76. The summed E-state index contributed by atoms with van der Waals surface area (Å²) in [5, 5.41) is 7.33. The molecule has 3 heterocycles. The molecule has 2 aliphatic rings. The van der Waals surface area contributed by atoms with Crippen molar-refractivity contribution in [2.75, 3.05) is 14.2 Å². The Labute approximate surface area is 119 Å². The molecule has 0 aromatic carbocycles. The molecule has 110 valence electrons. The maximum absolute atomic E-state index is 12.2. The van der Waals surface area contributed by atoms with Crippen LogP contribution in [0.2, 0.25) is 0 Å². The summed E-state index contributed by atoms with van der Waals surface area (Å²) in [7, 11) is 3.81. The van der Waals surface area contributed by atoms with Gasteiger partial charge in [0.25, 0.3) is 5.91 Å². The number of fused-ring (bicyclic) bond motifs is 2. The lowest BCUT2D eigenvalue weighted by molar-refractivity contribution is 0.0871. The van der Waals surface area contributed by atoms with Gasteiger partial charge in [0, 0.05) is 31.4 Å². The molecule has 1 amide bonds. The van der Waals surface area contributed by atoms with Crippen LogP contribution in [0.5, 0.6) is 0 Å². The Hall–Kier alpha value is -1.40. The first-order chi connectivity index (χ1) is 9.67. The second kappa shape index (κ2) is 5.54. The van der Waals surface area contributed by atoms with E-state index in [-0.39, 0.29) is 11.9 Å². The highest BCUT2D eigenvalue weighted by Crippen LogP contribution is 2.34. The van der Waals surface area contributed by atoms with Gasteiger partial charge in [-0.2, -0.15) is 5.10 Å². The smallest absolute Gasteiger partial charge is 0.271 e. The number of piperidine rings is 1. The summed E-state index contributed by atoms with van der Waals surface area (Å²) < 4.78 is 6.60. The Morgan fingerprint density at radius 2 is 2.15 bits per heavy atom. The second-order valence-electron chi connectivity index (χ2n) is 5.85. The first-order valence-corrected chi connectivity index (χ1v) is 7.22. The normalized spacial score (nSPS) is 29.6. The number of hydrogen-bond acceptors (Lipinski definition) is 4. The molecule has 0 aliphatic carbocycles. The van der Waals surface area contributed by atoms with Gasteiger partial charge in [0.15, 0.2) is 0 Å². The van der Waals surface area contributed by atoms with Gasteiger partial charge in [-0.15, -0.1) is 0 Å². The van der Waals surface area contributed by atoms with Gasteiger partial charge in [-0.1, -0.05) is 0 Å². The number of ether oxygens (including phenoxy) is 1. The van der Waals surface area contributed by atoms with Crippen molar-refractivity contribution >= 4 is 5.91 Å². The average molecular weight is 278 g/mol. The monoisotopic (exact) mass is 278 g/mol. The van der Waals surface area contributed by atoms with Gasteiger partial charge in [-0.05, 0) is 38.8 Å². The molecule has 6 heteroatoms. The summed E-state index contributed by atoms with van der Waals surface area (Å²) in [6.07, 6.45) is 6.39. The highest BCUT2D eigenvalue weighted by atomic mass is 16.5. The van der Waals surface area contributed by atoms with Crippen LogP contribution < -0.4 is 5.32 Å². The average Bonchev–Trinajstić information content (AvgIpc) is 2.94. The predicted octanol–water partition coefficient (Wildman–Crippen LogP) is 0.842. The van der Waals surface area contributed by atoms with Crippen LogP contribution in [0.15, 0.2) is 12.3 Å². The topological polar surface area (TPSA) is 59.4 Å². The lowest BCUT2D eigenvalue weighted by atomic mass is 9.98. The number of hydrogen-bond donors (Lipinski definition) is 1. The van der Waals surface area contributed by atoms with Crippen molar-refractivity contribution in [3.63, 3.8) is 0 Å². The van der Waals surface area contributed by atoms with Crippen LogP contribution >= 0.6 is 0 Å². The third-order valence-corrected chi connectivity index (χ3v) is 4.57. The van der Waals surface area contributed by atoms with E-state index in [2.05, 4.69) is 22.4 Å². The van der Waals surface area contributed by atoms with E-state index in [9.17, 15) is 4.79 Å². The molecule has 6 nitrogen and oxygen atoms in total. The Morgan fingerprint density at radius 3 is 2.80 bits per heavy atom. The van der Waals surface area contributed by atoms with E-state index in [1.54, 1.807) is 24.1 Å². The second-order valence-corrected chi connectivity index (χ2v) is 5.85. The highest BCUT2D eigenvalue weighted by molar-refractivity contribution is 5.92. The Balaban J connectivity index is 1.59. The van der Waals surface area contributed by atoms with Gasteiger partial charge >= 0.3 is 0 Å². The SMILES string of the molecule is COCn1ccc(C(=O)NC2CC3CCC(C2)N3C)n1. The Morgan fingerprint density at radius 1 is 1.45 bits per heavy atom. The molecule has 0 radical (unpaired) electrons. The zero-order valence-electron chi connectivity index (χ0n) is 12.1. The molecule has 2 unspecified atom stereocenters. The maximum atomic E-state index is 12.2. The van der Waals surface area contributed by atoms with Crippen molar-refractivity contribution in [1.29, 1.82) is 0 Å². The summed E-state index contributed by atoms with van der Waals surface area (Å²) in [5.41, 5.74) is 0.466. The quantitative estimate of drug-likeness (QED) is 0.887. The summed E-state index contributed by atoms with van der Waals surface area (Å²) in [6, 6.07) is 3.27. The van der Waals surface area contributed by atoms with Crippen LogP contribution in [-0.4, -0.2) is 52.9 Å². The van der Waals surface area contributed by atoms with Crippen molar-refractivity contribution in [3.05, 3.63) is 18.0 Å². The van der Waals surface area contributed by atoms with Crippen molar-refractivity contribution in [2.45, 2.75) is 50.5 Å². The van der Waals surface area contributed by atoms with Crippen LogP contribution in [0.25, 0.3) is 0 Å². The van der Waals surface area contributed by atoms with Crippen molar-refractivity contribution in [1.82, 2.24) is 20.0 Å². The summed E-state index contributed by atoms with van der Waals surface area (Å²) in [4.78, 5) is 14.7. The van der Waals surface area contributed by atoms with Crippen LogP contribution in [0.4, 0.5) is 0 Å². The molecular formula is C14H22N4O2. The molecule has 2 fully saturated rings. The molecule has 3 rings (SSSR count). The largest absolute Gasteiger partial charge is 0.362 e. The zero-order valence-corrected chi connectivity index (χ0v) is 12.1. The number of nitrogens with zero attached hydrogens (tertiary/aromatic N) is 3. The van der Waals surface area contributed by atoms with E-state index in [1.807, 2.05) is 0 Å². The van der Waals surface area contributed by atoms with Gasteiger partial charge in [0.05, 0.1) is 0 Å². The van der Waals surface area contributed by atoms with E-state index >= 15 is 0 Å². The van der Waals surface area contributed by atoms with Crippen molar-refractivity contribution < 1.29 is 9.53 Å². The minimum atomic E-state index is -0.0752. The number of aromatic nitrogens is 2. The van der Waals surface area contributed by atoms with Crippen molar-refractivity contribution in [2.24, 2.45) is 0 Å². The summed E-state index contributed by atoms with van der Waals surface area (Å²) in [5.74, 6) is -0.0752. The minimum absolute atomic E-state index is 0.0752. The van der Waals surface area contributed by atoms with E-state index in [1.165, 1.54) is 12.8 Å². The van der Waals surface area contributed by atoms with Gasteiger partial charge in [0.1, 0.15) is 12.4 Å². The minimum Gasteiger partial charge on any atom is -0.362 e. The van der Waals surface area contributed by atoms with Gasteiger partial charge in [-0.3, -0.25) is 4.79 Å². The molecule has 1 aromatic heterocycles. The highest BCUT2D eigenvalue weighted by Gasteiger charge is 2.38. The molecule has 0 saturated carbocycles. The van der Waals surface area contributed by atoms with Crippen LogP contribution in [-0.2, 0) is 11.5 Å². The van der Waals surface area contributed by atoms with E-state index in [0.717, 1.165) is 12.8 Å². The Bertz CT molecular complexity index is 473. The number of methoxy groups -OCH3 is 1. The number of carbonyl (C=O) groups is 1. The molecular weight excluding hydrogens is 256 g/mol. The zero-order chi connectivity index (χ0) is 14.1. The van der Waals surface area contributed by atoms with Crippen LogP contribution in [0, 0.1) is 0 Å². The molecule has 1 N–H and O–H groups in total. The standard InChI is InChI=1S/C14H22N4O2/c1-17-11-3-4-12(17)8-10(7-11)15-14(19)13-5-6-18(16-13)9-20-2/h5-6,10-12H,3-4,7-9H2,1-2H3,(H,15,19). The fourth-order valence-electron chi connectivity index (χ4n) is 3.48. The van der Waals surface area contributed by atoms with Crippen molar-refractivity contribution in [3.8, 4) is 0 Å². The third-order valence-electron chi connectivity index (χ3n) is 4.57. The van der Waals surface area contributed by atoms with Gasteiger partial charge in [-0.25, -0.2) is 4.68 Å². The van der Waals surface area contributed by atoms with E-state index in [0.29, 0.717) is 24.5 Å². The molecule has 2 saturated heterocycles. The molecule has 1 aromatic rings. The number of nitrogens with one attached hydrogen (secondary N) is 1. The lowest BCUT2D eigenvalue weighted by Crippen LogP contribution is -2.48. The lowest BCUT2D eigenvalue weighted by Gasteiger charge is -2.36. The van der Waals surface area contributed by atoms with E-state index in [4.69, 9.17) is 4.74 Å².